The molecule has 2 rings (SSSR count). The average molecular weight is 227 g/mol. The summed E-state index contributed by atoms with van der Waals surface area (Å²) in [5.74, 6) is 0. The Morgan fingerprint density at radius 3 is 1.59 bits per heavy atom. The van der Waals surface area contributed by atoms with Gasteiger partial charge in [0, 0.05) is 6.54 Å². The topological polar surface area (TPSA) is 12.0 Å². The Bertz CT molecular complexity index is 381. The van der Waals surface area contributed by atoms with Gasteiger partial charge in [0.1, 0.15) is 0 Å². The van der Waals surface area contributed by atoms with E-state index in [0.29, 0.717) is 0 Å². The van der Waals surface area contributed by atoms with Gasteiger partial charge in [-0.05, 0) is 24.6 Å². The van der Waals surface area contributed by atoms with E-state index in [9.17, 15) is 0 Å². The molecule has 0 heterocycles. The summed E-state index contributed by atoms with van der Waals surface area (Å²) < 4.78 is 0. The lowest BCUT2D eigenvalue weighted by Crippen LogP contribution is -2.04. The summed E-state index contributed by atoms with van der Waals surface area (Å²) in [5.41, 5.74) is 2.74. The van der Waals surface area contributed by atoms with Gasteiger partial charge in [0.05, 0.1) is 0 Å². The number of rotatable bonds is 3. The minimum absolute atomic E-state index is 0.959. The minimum Gasteiger partial charge on any atom is -0.316 e. The first kappa shape index (κ1) is 13.5. The van der Waals surface area contributed by atoms with Crippen molar-refractivity contribution in [2.75, 3.05) is 7.05 Å². The van der Waals surface area contributed by atoms with Crippen molar-refractivity contribution in [3.05, 3.63) is 71.8 Å². The molecule has 90 valence electrons. The summed E-state index contributed by atoms with van der Waals surface area (Å²) >= 11 is 0. The fourth-order valence-electron chi connectivity index (χ4n) is 1.51. The summed E-state index contributed by atoms with van der Waals surface area (Å²) in [6, 6.07) is 20.8. The van der Waals surface area contributed by atoms with E-state index in [1.165, 1.54) is 11.1 Å². The van der Waals surface area contributed by atoms with E-state index in [0.717, 1.165) is 13.0 Å². The maximum absolute atomic E-state index is 3.08. The largest absolute Gasteiger partial charge is 0.316 e. The van der Waals surface area contributed by atoms with Crippen LogP contribution < -0.4 is 5.32 Å². The SMILES string of the molecule is CCc1ccccc1.CNCc1ccccc1. The highest BCUT2D eigenvalue weighted by Gasteiger charge is 1.83. The van der Waals surface area contributed by atoms with Crippen molar-refractivity contribution in [2.24, 2.45) is 0 Å². The van der Waals surface area contributed by atoms with Crippen LogP contribution >= 0.6 is 0 Å². The molecule has 0 aromatic heterocycles. The summed E-state index contributed by atoms with van der Waals surface area (Å²) in [6.07, 6.45) is 1.14. The smallest absolute Gasteiger partial charge is 0.0202 e. The number of hydrogen-bond acceptors (Lipinski definition) is 1. The van der Waals surface area contributed by atoms with Crippen LogP contribution in [0.2, 0.25) is 0 Å². The van der Waals surface area contributed by atoms with Crippen molar-refractivity contribution in [1.82, 2.24) is 5.32 Å². The Morgan fingerprint density at radius 2 is 1.24 bits per heavy atom. The molecule has 0 fully saturated rings. The highest BCUT2D eigenvalue weighted by atomic mass is 14.8. The highest BCUT2D eigenvalue weighted by molar-refractivity contribution is 5.14. The first-order valence-corrected chi connectivity index (χ1v) is 6.09. The molecule has 1 nitrogen and oxygen atoms in total. The normalized spacial score (nSPS) is 9.29. The van der Waals surface area contributed by atoms with E-state index in [-0.39, 0.29) is 0 Å². The second-order valence-electron chi connectivity index (χ2n) is 3.86. The van der Waals surface area contributed by atoms with Gasteiger partial charge in [-0.25, -0.2) is 0 Å². The van der Waals surface area contributed by atoms with Gasteiger partial charge in [-0.3, -0.25) is 0 Å². The monoisotopic (exact) mass is 227 g/mol. The van der Waals surface area contributed by atoms with Crippen LogP contribution in [0.1, 0.15) is 18.1 Å². The molecule has 1 N–H and O–H groups in total. The van der Waals surface area contributed by atoms with Gasteiger partial charge < -0.3 is 5.32 Å². The van der Waals surface area contributed by atoms with Crippen molar-refractivity contribution in [3.8, 4) is 0 Å². The molecule has 2 aromatic carbocycles. The average Bonchev–Trinajstić information content (AvgIpc) is 2.42. The van der Waals surface area contributed by atoms with Crippen molar-refractivity contribution in [2.45, 2.75) is 19.9 Å². The molecule has 0 saturated carbocycles. The van der Waals surface area contributed by atoms with Gasteiger partial charge in [-0.15, -0.1) is 0 Å². The lowest BCUT2D eigenvalue weighted by Gasteiger charge is -1.95. The maximum atomic E-state index is 3.08. The zero-order valence-electron chi connectivity index (χ0n) is 10.7. The predicted octanol–water partition coefficient (Wildman–Crippen LogP) is 3.66. The highest BCUT2D eigenvalue weighted by Crippen LogP contribution is 1.97. The van der Waals surface area contributed by atoms with Crippen LogP contribution in [0.4, 0.5) is 0 Å². The number of aryl methyl sites for hydroxylation is 1. The minimum atomic E-state index is 0.959. The molecule has 0 atom stereocenters. The summed E-state index contributed by atoms with van der Waals surface area (Å²) in [5, 5.41) is 3.08. The quantitative estimate of drug-likeness (QED) is 0.844. The van der Waals surface area contributed by atoms with Gasteiger partial charge in [0.2, 0.25) is 0 Å². The molecule has 0 aliphatic carbocycles. The zero-order chi connectivity index (χ0) is 12.3. The van der Waals surface area contributed by atoms with Crippen LogP contribution in [0.15, 0.2) is 60.7 Å². The third kappa shape index (κ3) is 5.88. The second kappa shape index (κ2) is 8.54. The molecule has 0 aliphatic heterocycles. The fraction of sp³-hybridized carbons (Fsp3) is 0.250. The Labute approximate surface area is 105 Å². The first-order valence-electron chi connectivity index (χ1n) is 6.09. The van der Waals surface area contributed by atoms with Crippen LogP contribution in [0.3, 0.4) is 0 Å². The second-order valence-corrected chi connectivity index (χ2v) is 3.86. The fourth-order valence-corrected chi connectivity index (χ4v) is 1.51. The van der Waals surface area contributed by atoms with Crippen LogP contribution in [0.25, 0.3) is 0 Å². The Hall–Kier alpha value is -1.60. The Balaban J connectivity index is 0.000000171. The van der Waals surface area contributed by atoms with Gasteiger partial charge in [-0.2, -0.15) is 0 Å². The zero-order valence-corrected chi connectivity index (χ0v) is 10.7. The molecule has 0 bridgehead atoms. The lowest BCUT2D eigenvalue weighted by atomic mass is 10.2. The van der Waals surface area contributed by atoms with Crippen LogP contribution in [0.5, 0.6) is 0 Å². The third-order valence-corrected chi connectivity index (χ3v) is 2.47. The van der Waals surface area contributed by atoms with Crippen LogP contribution in [-0.2, 0) is 13.0 Å². The summed E-state index contributed by atoms with van der Waals surface area (Å²) in [7, 11) is 1.95. The van der Waals surface area contributed by atoms with Gasteiger partial charge in [-0.1, -0.05) is 67.6 Å². The first-order chi connectivity index (χ1) is 8.36. The standard InChI is InChI=1S/C8H11N.C8H10/c1-9-7-8-5-3-2-4-6-8;1-2-8-6-4-3-5-7-8/h2-6,9H,7H2,1H3;3-7H,2H2,1H3. The molecule has 0 aliphatic rings. The number of benzene rings is 2. The molecule has 0 spiro atoms. The lowest BCUT2D eigenvalue weighted by molar-refractivity contribution is 0.818. The van der Waals surface area contributed by atoms with Crippen LogP contribution in [0, 0.1) is 0 Å². The molecular formula is C16H21N. The molecule has 2 aromatic rings. The van der Waals surface area contributed by atoms with E-state index >= 15 is 0 Å². The van der Waals surface area contributed by atoms with Crippen LogP contribution in [-0.4, -0.2) is 7.05 Å². The number of nitrogens with one attached hydrogen (secondary N) is 1. The molecule has 1 heteroatoms. The molecule has 0 radical (unpaired) electrons. The van der Waals surface area contributed by atoms with Crippen molar-refractivity contribution in [1.29, 1.82) is 0 Å². The number of hydrogen-bond donors (Lipinski definition) is 1. The van der Waals surface area contributed by atoms with Crippen molar-refractivity contribution in [3.63, 3.8) is 0 Å². The van der Waals surface area contributed by atoms with E-state index < -0.39 is 0 Å². The van der Waals surface area contributed by atoms with E-state index in [2.05, 4.69) is 48.6 Å². The molecule has 0 saturated heterocycles. The Kier molecular flexibility index (Phi) is 6.76. The van der Waals surface area contributed by atoms with Gasteiger partial charge in [0.15, 0.2) is 0 Å². The van der Waals surface area contributed by atoms with Crippen molar-refractivity contribution >= 4 is 0 Å². The van der Waals surface area contributed by atoms with E-state index in [4.69, 9.17) is 0 Å². The Morgan fingerprint density at radius 1 is 0.765 bits per heavy atom. The molecule has 0 amide bonds. The van der Waals surface area contributed by atoms with Crippen molar-refractivity contribution < 1.29 is 0 Å². The predicted molar refractivity (Wildman–Crippen MR) is 75.0 cm³/mol. The van der Waals surface area contributed by atoms with E-state index in [1.807, 2.05) is 31.3 Å². The molecule has 0 unspecified atom stereocenters. The summed E-state index contributed by atoms with van der Waals surface area (Å²) in [4.78, 5) is 0. The van der Waals surface area contributed by atoms with Gasteiger partial charge >= 0.3 is 0 Å². The summed E-state index contributed by atoms with van der Waals surface area (Å²) in [6.45, 7) is 3.12. The molecule has 17 heavy (non-hydrogen) atoms. The maximum Gasteiger partial charge on any atom is 0.0202 e. The van der Waals surface area contributed by atoms with Gasteiger partial charge in [0.25, 0.3) is 0 Å². The third-order valence-electron chi connectivity index (χ3n) is 2.47. The molecular weight excluding hydrogens is 206 g/mol. The van der Waals surface area contributed by atoms with E-state index in [1.54, 1.807) is 0 Å².